The quantitative estimate of drug-likeness (QED) is 0.768. The predicted molar refractivity (Wildman–Crippen MR) is 103 cm³/mol. The molecule has 1 atom stereocenters. The second kappa shape index (κ2) is 8.05. The van der Waals surface area contributed by atoms with Crippen LogP contribution in [0.15, 0.2) is 0 Å². The van der Waals surface area contributed by atoms with E-state index in [-0.39, 0.29) is 6.09 Å². The van der Waals surface area contributed by atoms with E-state index in [0.29, 0.717) is 18.1 Å². The molecule has 5 heteroatoms. The van der Waals surface area contributed by atoms with Crippen LogP contribution in [0.3, 0.4) is 0 Å². The van der Waals surface area contributed by atoms with Crippen molar-refractivity contribution in [3.05, 3.63) is 0 Å². The smallest absolute Gasteiger partial charge is 0.409 e. The van der Waals surface area contributed by atoms with Gasteiger partial charge in [0.25, 0.3) is 0 Å². The molecule has 0 N–H and O–H groups in total. The van der Waals surface area contributed by atoms with Gasteiger partial charge in [-0.25, -0.2) is 4.79 Å². The molecule has 0 radical (unpaired) electrons. The summed E-state index contributed by atoms with van der Waals surface area (Å²) in [4.78, 5) is 19.4. The van der Waals surface area contributed by atoms with Crippen LogP contribution in [0.2, 0.25) is 0 Å². The molecule has 1 spiro atoms. The minimum absolute atomic E-state index is 0.122. The van der Waals surface area contributed by atoms with Gasteiger partial charge in [0.1, 0.15) is 0 Å². The molecule has 1 aliphatic carbocycles. The Kier molecular flexibility index (Phi) is 5.75. The van der Waals surface area contributed by atoms with Gasteiger partial charge in [-0.2, -0.15) is 0 Å². The molecule has 26 heavy (non-hydrogen) atoms. The van der Waals surface area contributed by atoms with E-state index in [1.165, 1.54) is 71.2 Å². The summed E-state index contributed by atoms with van der Waals surface area (Å²) in [5.41, 5.74) is 0.556. The lowest BCUT2D eigenvalue weighted by molar-refractivity contribution is 0.0531. The van der Waals surface area contributed by atoms with Crippen molar-refractivity contribution in [1.82, 2.24) is 14.7 Å². The third-order valence-electron chi connectivity index (χ3n) is 7.46. The Bertz CT molecular complexity index is 488. The third-order valence-corrected chi connectivity index (χ3v) is 7.46. The van der Waals surface area contributed by atoms with Crippen LogP contribution in [0.5, 0.6) is 0 Å². The van der Waals surface area contributed by atoms with E-state index >= 15 is 0 Å². The van der Waals surface area contributed by atoms with E-state index in [2.05, 4.69) is 9.80 Å². The maximum atomic E-state index is 11.9. The highest BCUT2D eigenvalue weighted by atomic mass is 16.6. The molecule has 0 bridgehead atoms. The number of nitrogens with zero attached hydrogens (tertiary/aromatic N) is 3. The first-order valence-corrected chi connectivity index (χ1v) is 11.1. The Morgan fingerprint density at radius 3 is 2.50 bits per heavy atom. The Hall–Kier alpha value is -0.810. The average Bonchev–Trinajstić information content (AvgIpc) is 3.02. The highest BCUT2D eigenvalue weighted by Gasteiger charge is 2.44. The molecule has 3 heterocycles. The summed E-state index contributed by atoms with van der Waals surface area (Å²) >= 11 is 0. The fourth-order valence-corrected chi connectivity index (χ4v) is 5.75. The van der Waals surface area contributed by atoms with E-state index in [1.54, 1.807) is 0 Å². The number of carbonyl (C=O) groups excluding carboxylic acids is 1. The van der Waals surface area contributed by atoms with Gasteiger partial charge in [-0.3, -0.25) is 4.90 Å². The molecule has 4 aliphatic rings. The van der Waals surface area contributed by atoms with Crippen LogP contribution < -0.4 is 0 Å². The van der Waals surface area contributed by atoms with Crippen molar-refractivity contribution in [1.29, 1.82) is 0 Å². The fourth-order valence-electron chi connectivity index (χ4n) is 5.75. The van der Waals surface area contributed by atoms with Gasteiger partial charge in [-0.1, -0.05) is 6.42 Å². The number of amides is 1. The van der Waals surface area contributed by atoms with Crippen LogP contribution in [0, 0.1) is 11.3 Å². The molecule has 5 nitrogen and oxygen atoms in total. The van der Waals surface area contributed by atoms with Crippen molar-refractivity contribution < 1.29 is 9.53 Å². The molecule has 0 aromatic rings. The lowest BCUT2D eigenvalue weighted by atomic mass is 9.78. The first kappa shape index (κ1) is 18.5. The molecule has 4 rings (SSSR count). The number of ether oxygens (including phenoxy) is 1. The Balaban J connectivity index is 1.26. The van der Waals surface area contributed by atoms with E-state index in [0.717, 1.165) is 31.8 Å². The van der Waals surface area contributed by atoms with Crippen molar-refractivity contribution in [2.45, 2.75) is 64.3 Å². The van der Waals surface area contributed by atoms with Gasteiger partial charge in [-0.05, 0) is 76.3 Å². The molecule has 4 fully saturated rings. The van der Waals surface area contributed by atoms with Gasteiger partial charge in [0.2, 0.25) is 0 Å². The van der Waals surface area contributed by atoms with Crippen molar-refractivity contribution in [3.63, 3.8) is 0 Å². The molecule has 0 aromatic heterocycles. The maximum Gasteiger partial charge on any atom is 0.409 e. The second-order valence-electron chi connectivity index (χ2n) is 9.27. The number of rotatable bonds is 4. The topological polar surface area (TPSA) is 36.0 Å². The zero-order valence-electron chi connectivity index (χ0n) is 16.6. The van der Waals surface area contributed by atoms with Gasteiger partial charge in [0.05, 0.1) is 6.61 Å². The van der Waals surface area contributed by atoms with Gasteiger partial charge in [-0.15, -0.1) is 0 Å². The Labute approximate surface area is 159 Å². The minimum atomic E-state index is -0.122. The molecular formula is C21H37N3O2. The summed E-state index contributed by atoms with van der Waals surface area (Å²) in [7, 11) is 0. The standard InChI is InChI=1S/C21H37N3O2/c1-2-26-20(25)23-12-7-19(8-13-23)24-14-10-21(17-24)9-4-11-22(16-21)15-18-5-3-6-18/h18-19H,2-17H2,1H3. The molecule has 3 saturated heterocycles. The Morgan fingerprint density at radius 1 is 1.00 bits per heavy atom. The molecule has 1 saturated carbocycles. The van der Waals surface area contributed by atoms with Crippen LogP contribution in [0.4, 0.5) is 4.79 Å². The molecule has 148 valence electrons. The maximum absolute atomic E-state index is 11.9. The molecular weight excluding hydrogens is 326 g/mol. The van der Waals surface area contributed by atoms with Crippen molar-refractivity contribution in [3.8, 4) is 0 Å². The van der Waals surface area contributed by atoms with Gasteiger partial charge in [0, 0.05) is 38.8 Å². The number of likely N-dealkylation sites (tertiary alicyclic amines) is 3. The van der Waals surface area contributed by atoms with Crippen LogP contribution >= 0.6 is 0 Å². The van der Waals surface area contributed by atoms with E-state index in [9.17, 15) is 4.79 Å². The third kappa shape index (κ3) is 4.04. The summed E-state index contributed by atoms with van der Waals surface area (Å²) in [5.74, 6) is 0.995. The first-order chi connectivity index (χ1) is 12.7. The number of hydrogen-bond donors (Lipinski definition) is 0. The van der Waals surface area contributed by atoms with E-state index in [1.807, 2.05) is 11.8 Å². The summed E-state index contributed by atoms with van der Waals surface area (Å²) in [5, 5.41) is 0. The summed E-state index contributed by atoms with van der Waals surface area (Å²) in [6, 6.07) is 0.669. The van der Waals surface area contributed by atoms with Gasteiger partial charge >= 0.3 is 6.09 Å². The number of piperidine rings is 2. The van der Waals surface area contributed by atoms with Crippen LogP contribution in [-0.4, -0.2) is 79.3 Å². The lowest BCUT2D eigenvalue weighted by Gasteiger charge is -2.44. The van der Waals surface area contributed by atoms with Crippen LogP contribution in [0.25, 0.3) is 0 Å². The minimum Gasteiger partial charge on any atom is -0.450 e. The monoisotopic (exact) mass is 363 g/mol. The van der Waals surface area contributed by atoms with Crippen molar-refractivity contribution >= 4 is 6.09 Å². The zero-order valence-corrected chi connectivity index (χ0v) is 16.6. The van der Waals surface area contributed by atoms with Crippen molar-refractivity contribution in [2.75, 3.05) is 52.4 Å². The van der Waals surface area contributed by atoms with Gasteiger partial charge in [0.15, 0.2) is 0 Å². The summed E-state index contributed by atoms with van der Waals surface area (Å²) in [6.07, 6.45) is 10.7. The van der Waals surface area contributed by atoms with Crippen LogP contribution in [0.1, 0.15) is 58.3 Å². The Morgan fingerprint density at radius 2 is 1.81 bits per heavy atom. The normalized spacial score (nSPS) is 32.1. The number of carbonyl (C=O) groups is 1. The van der Waals surface area contributed by atoms with E-state index < -0.39 is 0 Å². The SMILES string of the molecule is CCOC(=O)N1CCC(N2CCC3(CCCN(CC4CCC4)C3)C2)CC1. The molecule has 1 unspecified atom stereocenters. The first-order valence-electron chi connectivity index (χ1n) is 11.1. The zero-order chi connectivity index (χ0) is 18.0. The van der Waals surface area contributed by atoms with E-state index in [4.69, 9.17) is 4.74 Å². The fraction of sp³-hybridized carbons (Fsp3) is 0.952. The van der Waals surface area contributed by atoms with Crippen LogP contribution in [-0.2, 0) is 4.74 Å². The highest BCUT2D eigenvalue weighted by Crippen LogP contribution is 2.41. The second-order valence-corrected chi connectivity index (χ2v) is 9.27. The van der Waals surface area contributed by atoms with Gasteiger partial charge < -0.3 is 14.5 Å². The highest BCUT2D eigenvalue weighted by molar-refractivity contribution is 5.67. The molecule has 0 aromatic carbocycles. The molecule has 3 aliphatic heterocycles. The molecule has 1 amide bonds. The predicted octanol–water partition coefficient (Wildman–Crippen LogP) is 3.20. The average molecular weight is 364 g/mol. The summed E-state index contributed by atoms with van der Waals surface area (Å²) in [6.45, 7) is 10.7. The number of hydrogen-bond acceptors (Lipinski definition) is 4. The summed E-state index contributed by atoms with van der Waals surface area (Å²) < 4.78 is 5.16. The lowest BCUT2D eigenvalue weighted by Crippen LogP contribution is -2.49. The largest absolute Gasteiger partial charge is 0.450 e. The van der Waals surface area contributed by atoms with Crippen molar-refractivity contribution in [2.24, 2.45) is 11.3 Å².